The average Bonchev–Trinajstić information content (AvgIpc) is 2.57. The monoisotopic (exact) mass is 388 g/mol. The minimum absolute atomic E-state index is 0.141. The number of benzene rings is 2. The van der Waals surface area contributed by atoms with E-state index in [0.717, 1.165) is 5.69 Å². The number of carbonyl (C=O) groups excluding carboxylic acids is 1. The van der Waals surface area contributed by atoms with Crippen LogP contribution in [0.1, 0.15) is 6.92 Å². The molecule has 0 saturated heterocycles. The van der Waals surface area contributed by atoms with Crippen molar-refractivity contribution in [3.8, 4) is 0 Å². The van der Waals surface area contributed by atoms with E-state index in [1.807, 2.05) is 12.1 Å². The highest BCUT2D eigenvalue weighted by Gasteiger charge is 2.06. The van der Waals surface area contributed by atoms with Gasteiger partial charge < -0.3 is 16.0 Å². The van der Waals surface area contributed by atoms with Crippen molar-refractivity contribution in [2.75, 3.05) is 16.0 Å². The standard InChI is InChI=1S/C17H14Cl2N6O/c1-10(26)21-12-3-2-4-13(8-12)22-16-9-20-25-17(24-16)23-15-6-5-11(18)7-14(15)19/h2-9H,1H3,(H,21,26)(H2,22,23,24,25). The first kappa shape index (κ1) is 17.9. The van der Waals surface area contributed by atoms with Gasteiger partial charge in [0.15, 0.2) is 5.82 Å². The first-order valence-corrected chi connectivity index (χ1v) is 8.32. The molecule has 1 aromatic heterocycles. The molecule has 1 heterocycles. The molecule has 26 heavy (non-hydrogen) atoms. The molecule has 9 heteroatoms. The Balaban J connectivity index is 1.76. The van der Waals surface area contributed by atoms with Crippen molar-refractivity contribution in [1.29, 1.82) is 0 Å². The first-order valence-electron chi connectivity index (χ1n) is 7.56. The Morgan fingerprint density at radius 3 is 2.62 bits per heavy atom. The number of halogens is 2. The number of anilines is 5. The molecule has 0 bridgehead atoms. The van der Waals surface area contributed by atoms with E-state index in [2.05, 4.69) is 31.1 Å². The zero-order valence-corrected chi connectivity index (χ0v) is 15.1. The van der Waals surface area contributed by atoms with Crippen LogP contribution in [0.4, 0.5) is 28.8 Å². The van der Waals surface area contributed by atoms with Gasteiger partial charge in [-0.05, 0) is 36.4 Å². The van der Waals surface area contributed by atoms with Gasteiger partial charge in [-0.15, -0.1) is 5.10 Å². The quantitative estimate of drug-likeness (QED) is 0.590. The van der Waals surface area contributed by atoms with E-state index in [9.17, 15) is 4.79 Å². The molecule has 0 radical (unpaired) electrons. The molecule has 0 saturated carbocycles. The van der Waals surface area contributed by atoms with Crippen LogP contribution in [0.3, 0.4) is 0 Å². The summed E-state index contributed by atoms with van der Waals surface area (Å²) < 4.78 is 0. The van der Waals surface area contributed by atoms with Gasteiger partial charge in [-0.3, -0.25) is 4.79 Å². The third kappa shape index (κ3) is 4.81. The number of rotatable bonds is 5. The molecule has 3 N–H and O–H groups in total. The van der Waals surface area contributed by atoms with Crippen molar-refractivity contribution < 1.29 is 4.79 Å². The Bertz CT molecular complexity index is 950. The Labute approximate surface area is 159 Å². The second-order valence-electron chi connectivity index (χ2n) is 5.30. The number of amides is 1. The number of hydrogen-bond donors (Lipinski definition) is 3. The van der Waals surface area contributed by atoms with Crippen molar-refractivity contribution in [3.63, 3.8) is 0 Å². The lowest BCUT2D eigenvalue weighted by molar-refractivity contribution is -0.114. The summed E-state index contributed by atoms with van der Waals surface area (Å²) in [6.07, 6.45) is 1.49. The van der Waals surface area contributed by atoms with E-state index in [1.165, 1.54) is 13.1 Å². The summed E-state index contributed by atoms with van der Waals surface area (Å²) >= 11 is 12.0. The zero-order valence-electron chi connectivity index (χ0n) is 13.6. The molecule has 1 amide bonds. The van der Waals surface area contributed by atoms with Crippen LogP contribution in [0.15, 0.2) is 48.7 Å². The van der Waals surface area contributed by atoms with Gasteiger partial charge in [0, 0.05) is 23.3 Å². The minimum atomic E-state index is -0.141. The van der Waals surface area contributed by atoms with Gasteiger partial charge in [0.2, 0.25) is 11.9 Å². The highest BCUT2D eigenvalue weighted by Crippen LogP contribution is 2.27. The van der Waals surface area contributed by atoms with E-state index in [-0.39, 0.29) is 11.9 Å². The van der Waals surface area contributed by atoms with Gasteiger partial charge in [-0.1, -0.05) is 29.3 Å². The fourth-order valence-corrected chi connectivity index (χ4v) is 2.61. The summed E-state index contributed by atoms with van der Waals surface area (Å²) in [7, 11) is 0. The highest BCUT2D eigenvalue weighted by molar-refractivity contribution is 6.36. The maximum absolute atomic E-state index is 11.2. The molecule has 0 spiro atoms. The van der Waals surface area contributed by atoms with E-state index < -0.39 is 0 Å². The molecule has 0 aliphatic rings. The molecule has 0 fully saturated rings. The van der Waals surface area contributed by atoms with Gasteiger partial charge in [0.05, 0.1) is 16.9 Å². The largest absolute Gasteiger partial charge is 0.339 e. The van der Waals surface area contributed by atoms with Gasteiger partial charge in [-0.2, -0.15) is 10.1 Å². The van der Waals surface area contributed by atoms with Crippen LogP contribution < -0.4 is 16.0 Å². The molecule has 0 unspecified atom stereocenters. The normalized spacial score (nSPS) is 10.3. The van der Waals surface area contributed by atoms with Crippen molar-refractivity contribution in [1.82, 2.24) is 15.2 Å². The second-order valence-corrected chi connectivity index (χ2v) is 6.15. The summed E-state index contributed by atoms with van der Waals surface area (Å²) in [6.45, 7) is 1.45. The SMILES string of the molecule is CC(=O)Nc1cccc(Nc2cnnc(Nc3ccc(Cl)cc3Cl)n2)c1. The summed E-state index contributed by atoms with van der Waals surface area (Å²) in [5.74, 6) is 0.613. The van der Waals surface area contributed by atoms with E-state index in [1.54, 1.807) is 30.3 Å². The van der Waals surface area contributed by atoms with Crippen LogP contribution in [0.25, 0.3) is 0 Å². The number of nitrogens with one attached hydrogen (secondary N) is 3. The lowest BCUT2D eigenvalue weighted by Gasteiger charge is -2.10. The number of carbonyl (C=O) groups is 1. The van der Waals surface area contributed by atoms with E-state index in [4.69, 9.17) is 23.2 Å². The molecule has 2 aromatic carbocycles. The number of aromatic nitrogens is 3. The van der Waals surface area contributed by atoms with Crippen molar-refractivity contribution in [3.05, 3.63) is 58.7 Å². The molecule has 3 rings (SSSR count). The van der Waals surface area contributed by atoms with Crippen LogP contribution in [0.2, 0.25) is 10.0 Å². The fraction of sp³-hybridized carbons (Fsp3) is 0.0588. The molecule has 0 atom stereocenters. The zero-order chi connectivity index (χ0) is 18.5. The predicted octanol–water partition coefficient (Wildman–Crippen LogP) is 4.62. The Morgan fingerprint density at radius 2 is 1.85 bits per heavy atom. The molecule has 0 aliphatic carbocycles. The lowest BCUT2D eigenvalue weighted by atomic mass is 10.2. The van der Waals surface area contributed by atoms with Crippen molar-refractivity contribution in [2.45, 2.75) is 6.92 Å². The van der Waals surface area contributed by atoms with Gasteiger partial charge in [0.1, 0.15) is 0 Å². The molecular weight excluding hydrogens is 375 g/mol. The Kier molecular flexibility index (Phi) is 5.50. The van der Waals surface area contributed by atoms with Crippen LogP contribution in [0, 0.1) is 0 Å². The maximum Gasteiger partial charge on any atom is 0.249 e. The number of hydrogen-bond acceptors (Lipinski definition) is 6. The summed E-state index contributed by atoms with van der Waals surface area (Å²) in [4.78, 5) is 15.5. The molecule has 3 aromatic rings. The third-order valence-corrected chi connectivity index (χ3v) is 3.74. The first-order chi connectivity index (χ1) is 12.5. The van der Waals surface area contributed by atoms with Crippen LogP contribution in [-0.4, -0.2) is 21.1 Å². The van der Waals surface area contributed by atoms with E-state index in [0.29, 0.717) is 27.2 Å². The number of nitrogens with zero attached hydrogens (tertiary/aromatic N) is 3. The molecule has 7 nitrogen and oxygen atoms in total. The van der Waals surface area contributed by atoms with E-state index >= 15 is 0 Å². The van der Waals surface area contributed by atoms with Gasteiger partial charge in [0.25, 0.3) is 0 Å². The smallest absolute Gasteiger partial charge is 0.249 e. The van der Waals surface area contributed by atoms with Gasteiger partial charge in [-0.25, -0.2) is 0 Å². The summed E-state index contributed by atoms with van der Waals surface area (Å²) in [6, 6.07) is 12.3. The predicted molar refractivity (Wildman–Crippen MR) is 104 cm³/mol. The fourth-order valence-electron chi connectivity index (χ4n) is 2.15. The summed E-state index contributed by atoms with van der Waals surface area (Å²) in [5.41, 5.74) is 2.03. The van der Waals surface area contributed by atoms with Crippen LogP contribution in [-0.2, 0) is 4.79 Å². The second kappa shape index (κ2) is 7.99. The molecular formula is C17H14Cl2N6O. The topological polar surface area (TPSA) is 91.8 Å². The molecule has 132 valence electrons. The highest BCUT2D eigenvalue weighted by atomic mass is 35.5. The maximum atomic E-state index is 11.2. The lowest BCUT2D eigenvalue weighted by Crippen LogP contribution is -2.06. The van der Waals surface area contributed by atoms with Crippen LogP contribution >= 0.6 is 23.2 Å². The Hall–Kier alpha value is -2.90. The van der Waals surface area contributed by atoms with Crippen molar-refractivity contribution in [2.24, 2.45) is 0 Å². The molecule has 0 aliphatic heterocycles. The Morgan fingerprint density at radius 1 is 1.04 bits per heavy atom. The minimum Gasteiger partial charge on any atom is -0.339 e. The average molecular weight is 389 g/mol. The van der Waals surface area contributed by atoms with Crippen molar-refractivity contribution >= 4 is 57.9 Å². The van der Waals surface area contributed by atoms with Crippen LogP contribution in [0.5, 0.6) is 0 Å². The third-order valence-electron chi connectivity index (χ3n) is 3.19. The summed E-state index contributed by atoms with van der Waals surface area (Å²) in [5, 5.41) is 17.7. The van der Waals surface area contributed by atoms with Gasteiger partial charge >= 0.3 is 0 Å².